The molecule has 5 aromatic carbocycles. The maximum atomic E-state index is 14.2. The van der Waals surface area contributed by atoms with Gasteiger partial charge >= 0.3 is 0 Å². The number of benzene rings is 5. The predicted octanol–water partition coefficient (Wildman–Crippen LogP) is 3.66. The molecule has 5 aromatic rings. The highest BCUT2D eigenvalue weighted by atomic mass is 32.2. The van der Waals surface area contributed by atoms with E-state index in [2.05, 4.69) is 57.8 Å². The first-order valence-corrected chi connectivity index (χ1v) is 31.4. The van der Waals surface area contributed by atoms with Crippen molar-refractivity contribution in [2.24, 2.45) is 38.5 Å². The van der Waals surface area contributed by atoms with Crippen molar-refractivity contribution in [3.63, 3.8) is 0 Å². The summed E-state index contributed by atoms with van der Waals surface area (Å²) < 4.78 is 33.8. The van der Waals surface area contributed by atoms with Crippen LogP contribution in [0.4, 0.5) is 22.7 Å². The van der Waals surface area contributed by atoms with Crippen LogP contribution in [0.5, 0.6) is 5.75 Å². The molecule has 0 radical (unpaired) electrons. The van der Waals surface area contributed by atoms with E-state index in [1.54, 1.807) is 62.4 Å². The maximum Gasteiger partial charge on any atom is 0.295 e. The third-order valence-corrected chi connectivity index (χ3v) is 15.8. The SMILES string of the molecule is CC(C)C[C@H](NC(=O)[C@@H]1CCCN1C(=O)c1ccc(N=Nc2ccc(N(C)C)cc2)cc1)C(=O)NCC(=O)N[C@H](C(=O)N[C@@H](Cc1ccc(O)cc1)C(=O)N[C@@H](C)C(=O)N[C@@H](CCCN=C(N)N)C(=O)NCCNc1cccc2c(S(=O)(=O)O)cccc12)C(C)C. The quantitative estimate of drug-likeness (QED) is 0.00990. The monoisotopic (exact) mass is 1270 g/mol. The van der Waals surface area contributed by atoms with Crippen LogP contribution in [0.25, 0.3) is 10.8 Å². The lowest BCUT2D eigenvalue weighted by Gasteiger charge is -2.27. The molecular weight excluding hydrogens is 1190 g/mol. The topological polar surface area (TPSA) is 403 Å². The normalized spacial score (nSPS) is 14.7. The van der Waals surface area contributed by atoms with E-state index >= 15 is 0 Å². The molecule has 6 atom stereocenters. The Balaban J connectivity index is 1.05. The number of fused-ring (bicyclic) bond motifs is 1. The van der Waals surface area contributed by atoms with Crippen molar-refractivity contribution in [1.29, 1.82) is 0 Å². The molecule has 0 unspecified atom stereocenters. The van der Waals surface area contributed by atoms with Gasteiger partial charge in [0, 0.05) is 74.4 Å². The number of anilines is 2. The zero-order valence-electron chi connectivity index (χ0n) is 52.1. The number of carbonyl (C=O) groups excluding carboxylic acids is 8. The minimum atomic E-state index is -4.52. The fourth-order valence-electron chi connectivity index (χ4n) is 10.0. The summed E-state index contributed by atoms with van der Waals surface area (Å²) in [7, 11) is -0.635. The van der Waals surface area contributed by atoms with Crippen LogP contribution in [-0.4, -0.2) is 159 Å². The fraction of sp³-hybridized carbons (Fsp3) is 0.413. The van der Waals surface area contributed by atoms with E-state index in [9.17, 15) is 56.4 Å². The van der Waals surface area contributed by atoms with Crippen molar-refractivity contribution in [3.8, 4) is 5.75 Å². The number of likely N-dealkylation sites (tertiary alicyclic amines) is 1. The molecule has 0 aliphatic carbocycles. The van der Waals surface area contributed by atoms with Crippen LogP contribution in [0.15, 0.2) is 129 Å². The molecule has 1 heterocycles. The molecule has 488 valence electrons. The Hall–Kier alpha value is -9.70. The summed E-state index contributed by atoms with van der Waals surface area (Å²) in [6.07, 6.45) is 1.27. The van der Waals surface area contributed by atoms with Gasteiger partial charge in [-0.3, -0.25) is 47.9 Å². The first kappa shape index (κ1) is 70.4. The third kappa shape index (κ3) is 21.2. The number of nitrogens with zero attached hydrogens (tertiary/aromatic N) is 5. The smallest absolute Gasteiger partial charge is 0.295 e. The van der Waals surface area contributed by atoms with Crippen LogP contribution in [0.2, 0.25) is 0 Å². The number of rotatable bonds is 31. The second-order valence-corrected chi connectivity index (χ2v) is 24.4. The number of carbonyl (C=O) groups is 8. The first-order chi connectivity index (χ1) is 43.2. The molecule has 0 spiro atoms. The average Bonchev–Trinajstić information content (AvgIpc) is 1.06. The van der Waals surface area contributed by atoms with Gasteiger partial charge in [-0.05, 0) is 129 Å². The van der Waals surface area contributed by atoms with Gasteiger partial charge < -0.3 is 68.9 Å². The lowest BCUT2D eigenvalue weighted by Crippen LogP contribution is -2.59. The number of guanidine groups is 1. The fourth-order valence-corrected chi connectivity index (χ4v) is 10.7. The summed E-state index contributed by atoms with van der Waals surface area (Å²) in [6, 6.07) is 22.2. The van der Waals surface area contributed by atoms with E-state index in [1.807, 2.05) is 57.1 Å². The van der Waals surface area contributed by atoms with Gasteiger partial charge in [-0.1, -0.05) is 64.1 Å². The van der Waals surface area contributed by atoms with Gasteiger partial charge in [-0.15, -0.1) is 0 Å². The highest BCUT2D eigenvalue weighted by molar-refractivity contribution is 7.86. The summed E-state index contributed by atoms with van der Waals surface area (Å²) in [5, 5.41) is 41.3. The molecule has 1 aliphatic rings. The maximum absolute atomic E-state index is 14.2. The van der Waals surface area contributed by atoms with Crippen LogP contribution in [0, 0.1) is 11.8 Å². The van der Waals surface area contributed by atoms with Gasteiger partial charge in [0.2, 0.25) is 41.4 Å². The van der Waals surface area contributed by atoms with Crippen molar-refractivity contribution in [1.82, 2.24) is 42.1 Å². The van der Waals surface area contributed by atoms with Crippen molar-refractivity contribution in [2.45, 2.75) is 114 Å². The lowest BCUT2D eigenvalue weighted by atomic mass is 10.0. The Kier molecular flexibility index (Phi) is 25.7. The molecule has 0 bridgehead atoms. The summed E-state index contributed by atoms with van der Waals surface area (Å²) in [4.78, 5) is 118. The number of phenolic OH excluding ortho intramolecular Hbond substituents is 1. The van der Waals surface area contributed by atoms with Gasteiger partial charge in [0.15, 0.2) is 5.96 Å². The number of amides is 8. The van der Waals surface area contributed by atoms with Gasteiger partial charge in [-0.2, -0.15) is 18.6 Å². The van der Waals surface area contributed by atoms with E-state index < -0.39 is 100 Å². The number of nitrogens with one attached hydrogen (secondary N) is 8. The minimum absolute atomic E-state index is 0.0389. The van der Waals surface area contributed by atoms with Crippen LogP contribution in [-0.2, 0) is 50.1 Å². The van der Waals surface area contributed by atoms with Crippen molar-refractivity contribution < 1.29 is 56.4 Å². The average molecular weight is 1270 g/mol. The zero-order chi connectivity index (χ0) is 66.5. The van der Waals surface area contributed by atoms with Gasteiger partial charge in [0.05, 0.1) is 17.9 Å². The van der Waals surface area contributed by atoms with E-state index in [4.69, 9.17) is 11.5 Å². The molecular formula is C63H83N15O12S. The van der Waals surface area contributed by atoms with Crippen LogP contribution in [0.3, 0.4) is 0 Å². The number of hydrogen-bond donors (Lipinski definition) is 12. The number of aliphatic imine (C=N–C) groups is 1. The van der Waals surface area contributed by atoms with Gasteiger partial charge in [-0.25, -0.2) is 0 Å². The standard InChI is InChI=1S/C63H83N15O12S/c1-37(2)34-50(72-60(85)52-16-11-33-78(52)62(87)41-20-22-42(23-21-41)75-76-43-24-26-44(27-25-43)77(6)7)58(83)69-36-54(80)74-55(38(3)4)61(86)73-51(35-40-18-28-45(79)29-19-40)59(84)70-39(5)56(81)71-49(15-10-30-68-63(64)65)57(82)67-32-31-66-48-14-8-13-47-46(48)12-9-17-53(47)91(88,89)90/h8-9,12-14,17-29,37-39,49-52,55,66,79H,10-11,15-16,30-36H2,1-7H3,(H,67,82)(H,69,83)(H,70,84)(H,71,81)(H,72,85)(H,73,86)(H,74,80)(H4,64,65,68)(H,88,89,90)/t39-,49-,50-,51-,52-,55-/m0/s1. The molecule has 91 heavy (non-hydrogen) atoms. The van der Waals surface area contributed by atoms with Gasteiger partial charge in [0.1, 0.15) is 46.9 Å². The van der Waals surface area contributed by atoms with Crippen molar-refractivity contribution in [3.05, 3.63) is 120 Å². The molecule has 8 amide bonds. The Bertz CT molecular complexity index is 3550. The summed E-state index contributed by atoms with van der Waals surface area (Å²) >= 11 is 0. The highest BCUT2D eigenvalue weighted by Crippen LogP contribution is 2.29. The Morgan fingerprint density at radius 2 is 1.31 bits per heavy atom. The predicted molar refractivity (Wildman–Crippen MR) is 345 cm³/mol. The molecule has 0 aromatic heterocycles. The van der Waals surface area contributed by atoms with Crippen LogP contribution < -0.4 is 58.9 Å². The molecule has 14 N–H and O–H groups in total. The molecule has 27 nitrogen and oxygen atoms in total. The number of aromatic hydroxyl groups is 1. The summed E-state index contributed by atoms with van der Waals surface area (Å²) in [6.45, 7) is 8.43. The molecule has 0 saturated carbocycles. The summed E-state index contributed by atoms with van der Waals surface area (Å²) in [5.41, 5.74) is 14.6. The second-order valence-electron chi connectivity index (χ2n) is 23.0. The molecule has 6 rings (SSSR count). The molecule has 1 saturated heterocycles. The third-order valence-electron chi connectivity index (χ3n) is 14.8. The van der Waals surface area contributed by atoms with Crippen molar-refractivity contribution in [2.75, 3.05) is 57.0 Å². The summed E-state index contributed by atoms with van der Waals surface area (Å²) in [5.74, 6) is -6.21. The second kappa shape index (κ2) is 33.2. The number of azo groups is 1. The Morgan fingerprint density at radius 1 is 0.681 bits per heavy atom. The zero-order valence-corrected chi connectivity index (χ0v) is 52.9. The van der Waals surface area contributed by atoms with E-state index in [1.165, 1.54) is 48.2 Å². The van der Waals surface area contributed by atoms with E-state index in [0.717, 1.165) is 5.69 Å². The van der Waals surface area contributed by atoms with Crippen LogP contribution >= 0.6 is 0 Å². The van der Waals surface area contributed by atoms with Crippen LogP contribution in [0.1, 0.15) is 82.6 Å². The molecule has 28 heteroatoms. The van der Waals surface area contributed by atoms with Crippen molar-refractivity contribution >= 4 is 96.9 Å². The molecule has 1 aliphatic heterocycles. The lowest BCUT2D eigenvalue weighted by molar-refractivity contribution is -0.135. The minimum Gasteiger partial charge on any atom is -0.508 e. The number of nitrogens with two attached hydrogens (primary N) is 2. The molecule has 1 fully saturated rings. The van der Waals surface area contributed by atoms with Gasteiger partial charge in [0.25, 0.3) is 16.0 Å². The largest absolute Gasteiger partial charge is 0.508 e. The Labute approximate surface area is 529 Å². The number of hydrogen-bond acceptors (Lipinski definition) is 16. The highest BCUT2D eigenvalue weighted by Gasteiger charge is 2.37. The van der Waals surface area contributed by atoms with E-state index in [-0.39, 0.29) is 79.1 Å². The Morgan fingerprint density at radius 3 is 1.93 bits per heavy atom. The first-order valence-electron chi connectivity index (χ1n) is 29.9. The number of phenols is 1. The van der Waals surface area contributed by atoms with E-state index in [0.29, 0.717) is 53.0 Å².